The molecule has 0 heterocycles. The molecule has 0 saturated carbocycles. The van der Waals surface area contributed by atoms with E-state index in [2.05, 4.69) is 38.5 Å². The van der Waals surface area contributed by atoms with Gasteiger partial charge in [0.2, 0.25) is 0 Å². The molecule has 0 aliphatic carbocycles. The van der Waals surface area contributed by atoms with E-state index >= 15 is 0 Å². The largest absolute Gasteiger partial charge is 0.497 e. The van der Waals surface area contributed by atoms with E-state index in [4.69, 9.17) is 9.47 Å². The first-order valence-corrected chi connectivity index (χ1v) is 8.68. The van der Waals surface area contributed by atoms with Gasteiger partial charge in [0.25, 0.3) is 0 Å². The van der Waals surface area contributed by atoms with E-state index in [1.54, 1.807) is 7.11 Å². The molecule has 134 valence electrons. The lowest BCUT2D eigenvalue weighted by molar-refractivity contribution is 0.102. The maximum absolute atomic E-state index is 5.62. The van der Waals surface area contributed by atoms with Gasteiger partial charge in [-0.05, 0) is 56.9 Å². The van der Waals surface area contributed by atoms with Crippen molar-refractivity contribution in [2.24, 2.45) is 5.92 Å². The fourth-order valence-electron chi connectivity index (χ4n) is 1.91. The molecular formula is C19H36N2O2. The molecule has 4 heteroatoms. The molecule has 1 aromatic carbocycles. The van der Waals surface area contributed by atoms with Crippen LogP contribution in [0.4, 0.5) is 5.69 Å². The van der Waals surface area contributed by atoms with Crippen molar-refractivity contribution in [3.05, 3.63) is 24.3 Å². The third-order valence-electron chi connectivity index (χ3n) is 3.18. The lowest BCUT2D eigenvalue weighted by Crippen LogP contribution is -2.43. The standard InChI is InChI=1S/C17H30N2O2.C2H6/c1-14(2)13-21-12-6-11-17(3,4)19-18-15-7-9-16(20-5)10-8-15;1-2/h7-10,14,18-19H,6,11-13H2,1-5H3;1-2H3. The van der Waals surface area contributed by atoms with Gasteiger partial charge in [0.1, 0.15) is 5.75 Å². The maximum Gasteiger partial charge on any atom is 0.119 e. The Balaban J connectivity index is 0.00000232. The second-order valence-electron chi connectivity index (χ2n) is 6.43. The van der Waals surface area contributed by atoms with Crippen LogP contribution in [0.25, 0.3) is 0 Å². The molecule has 4 nitrogen and oxygen atoms in total. The molecule has 2 N–H and O–H groups in total. The highest BCUT2D eigenvalue weighted by Crippen LogP contribution is 2.16. The van der Waals surface area contributed by atoms with E-state index in [0.29, 0.717) is 5.92 Å². The summed E-state index contributed by atoms with van der Waals surface area (Å²) in [5.41, 5.74) is 7.66. The van der Waals surface area contributed by atoms with Crippen molar-refractivity contribution in [1.82, 2.24) is 5.43 Å². The van der Waals surface area contributed by atoms with Gasteiger partial charge in [-0.25, -0.2) is 5.43 Å². The van der Waals surface area contributed by atoms with Crippen molar-refractivity contribution in [2.45, 2.75) is 59.9 Å². The van der Waals surface area contributed by atoms with Crippen LogP contribution in [0.1, 0.15) is 54.4 Å². The van der Waals surface area contributed by atoms with Crippen molar-refractivity contribution in [1.29, 1.82) is 0 Å². The van der Waals surface area contributed by atoms with E-state index in [-0.39, 0.29) is 5.54 Å². The quantitative estimate of drug-likeness (QED) is 0.476. The molecule has 0 bridgehead atoms. The number of hydrogen-bond donors (Lipinski definition) is 2. The molecule has 0 unspecified atom stereocenters. The van der Waals surface area contributed by atoms with E-state index in [1.165, 1.54) is 0 Å². The molecule has 23 heavy (non-hydrogen) atoms. The lowest BCUT2D eigenvalue weighted by atomic mass is 10.00. The van der Waals surface area contributed by atoms with Crippen LogP contribution in [0, 0.1) is 5.92 Å². The molecule has 1 aromatic rings. The number of nitrogens with one attached hydrogen (secondary N) is 2. The Kier molecular flexibility index (Phi) is 11.5. The minimum atomic E-state index is 0.0150. The minimum absolute atomic E-state index is 0.0150. The molecule has 0 atom stereocenters. The number of hydrazine groups is 1. The Hall–Kier alpha value is -1.26. The minimum Gasteiger partial charge on any atom is -0.497 e. The fourth-order valence-corrected chi connectivity index (χ4v) is 1.91. The Labute approximate surface area is 142 Å². The van der Waals surface area contributed by atoms with Crippen LogP contribution in [0.5, 0.6) is 5.75 Å². The first-order valence-electron chi connectivity index (χ1n) is 8.68. The van der Waals surface area contributed by atoms with E-state index < -0.39 is 0 Å². The summed E-state index contributed by atoms with van der Waals surface area (Å²) in [6, 6.07) is 7.87. The zero-order valence-corrected chi connectivity index (χ0v) is 16.0. The van der Waals surface area contributed by atoms with Gasteiger partial charge < -0.3 is 14.9 Å². The zero-order chi connectivity index (χ0) is 17.7. The number of ether oxygens (including phenoxy) is 2. The van der Waals surface area contributed by atoms with Crippen molar-refractivity contribution in [3.8, 4) is 5.75 Å². The van der Waals surface area contributed by atoms with E-state index in [1.807, 2.05) is 38.1 Å². The van der Waals surface area contributed by atoms with Gasteiger partial charge in [0, 0.05) is 24.4 Å². The van der Waals surface area contributed by atoms with Crippen molar-refractivity contribution < 1.29 is 9.47 Å². The molecule has 0 spiro atoms. The Morgan fingerprint density at radius 3 is 2.22 bits per heavy atom. The topological polar surface area (TPSA) is 42.5 Å². The van der Waals surface area contributed by atoms with Crippen LogP contribution in [-0.4, -0.2) is 25.9 Å². The first kappa shape index (κ1) is 21.7. The third-order valence-corrected chi connectivity index (χ3v) is 3.18. The summed E-state index contributed by atoms with van der Waals surface area (Å²) in [4.78, 5) is 0. The highest BCUT2D eigenvalue weighted by Gasteiger charge is 2.16. The summed E-state index contributed by atoms with van der Waals surface area (Å²) in [6.45, 7) is 14.4. The summed E-state index contributed by atoms with van der Waals surface area (Å²) in [5, 5.41) is 0. The molecule has 0 radical (unpaired) electrons. The highest BCUT2D eigenvalue weighted by molar-refractivity contribution is 5.45. The van der Waals surface area contributed by atoms with E-state index in [0.717, 1.165) is 37.5 Å². The average molecular weight is 325 g/mol. The number of rotatable bonds is 10. The summed E-state index contributed by atoms with van der Waals surface area (Å²) in [6.07, 6.45) is 2.10. The monoisotopic (exact) mass is 324 g/mol. The number of hydrogen-bond acceptors (Lipinski definition) is 4. The summed E-state index contributed by atoms with van der Waals surface area (Å²) < 4.78 is 10.8. The lowest BCUT2D eigenvalue weighted by Gasteiger charge is -2.27. The summed E-state index contributed by atoms with van der Waals surface area (Å²) in [5.74, 6) is 1.47. The van der Waals surface area contributed by atoms with Crippen LogP contribution >= 0.6 is 0 Å². The van der Waals surface area contributed by atoms with Crippen molar-refractivity contribution >= 4 is 5.69 Å². The van der Waals surface area contributed by atoms with Crippen molar-refractivity contribution in [2.75, 3.05) is 25.7 Å². The maximum atomic E-state index is 5.62. The fraction of sp³-hybridized carbons (Fsp3) is 0.684. The van der Waals surface area contributed by atoms with Gasteiger partial charge >= 0.3 is 0 Å². The molecule has 0 saturated heterocycles. The van der Waals surface area contributed by atoms with Gasteiger partial charge in [-0.2, -0.15) is 0 Å². The predicted octanol–water partition coefficient (Wildman–Crippen LogP) is 4.87. The SMILES string of the molecule is CC.COc1ccc(NNC(C)(C)CCCOCC(C)C)cc1. The summed E-state index contributed by atoms with van der Waals surface area (Å²) >= 11 is 0. The predicted molar refractivity (Wildman–Crippen MR) is 100 cm³/mol. The normalized spacial score (nSPS) is 11.0. The van der Waals surface area contributed by atoms with Gasteiger partial charge in [-0.15, -0.1) is 0 Å². The molecule has 0 amide bonds. The van der Waals surface area contributed by atoms with Crippen LogP contribution in [0.2, 0.25) is 0 Å². The number of anilines is 1. The molecule has 0 aromatic heterocycles. The van der Waals surface area contributed by atoms with Gasteiger partial charge in [-0.1, -0.05) is 27.7 Å². The second kappa shape index (κ2) is 12.2. The Bertz CT molecular complexity index is 389. The number of benzene rings is 1. The van der Waals surface area contributed by atoms with Crippen molar-refractivity contribution in [3.63, 3.8) is 0 Å². The number of methoxy groups -OCH3 is 1. The first-order chi connectivity index (χ1) is 10.9. The molecular weight excluding hydrogens is 288 g/mol. The van der Waals surface area contributed by atoms with Crippen LogP contribution in [-0.2, 0) is 4.74 Å². The van der Waals surface area contributed by atoms with Crippen LogP contribution in [0.15, 0.2) is 24.3 Å². The van der Waals surface area contributed by atoms with Gasteiger partial charge in [0.05, 0.1) is 7.11 Å². The smallest absolute Gasteiger partial charge is 0.119 e. The second-order valence-corrected chi connectivity index (χ2v) is 6.43. The average Bonchev–Trinajstić information content (AvgIpc) is 2.55. The van der Waals surface area contributed by atoms with Crippen LogP contribution < -0.4 is 15.6 Å². The Morgan fingerprint density at radius 2 is 1.70 bits per heavy atom. The van der Waals surface area contributed by atoms with Gasteiger partial charge in [-0.3, -0.25) is 0 Å². The third kappa shape index (κ3) is 11.0. The summed E-state index contributed by atoms with van der Waals surface area (Å²) in [7, 11) is 1.67. The molecule has 0 aliphatic rings. The molecule has 0 aliphatic heterocycles. The van der Waals surface area contributed by atoms with Gasteiger partial charge in [0.15, 0.2) is 0 Å². The molecule has 1 rings (SSSR count). The zero-order valence-electron chi connectivity index (χ0n) is 16.0. The highest BCUT2D eigenvalue weighted by atomic mass is 16.5. The van der Waals surface area contributed by atoms with E-state index in [9.17, 15) is 0 Å². The molecule has 0 fully saturated rings. The Morgan fingerprint density at radius 1 is 1.09 bits per heavy atom. The van der Waals surface area contributed by atoms with Crippen LogP contribution in [0.3, 0.4) is 0 Å².